The normalized spacial score (nSPS) is 10.3. The average molecular weight is 280 g/mol. The van der Waals surface area contributed by atoms with Gasteiger partial charge >= 0.3 is 0 Å². The van der Waals surface area contributed by atoms with Crippen LogP contribution in [0.25, 0.3) is 11.1 Å². The second kappa shape index (κ2) is 6.50. The largest absolute Gasteiger partial charge is 0.480 e. The van der Waals surface area contributed by atoms with Crippen molar-refractivity contribution < 1.29 is 18.4 Å². The van der Waals surface area contributed by atoms with Crippen LogP contribution in [0.3, 0.4) is 0 Å². The Morgan fingerprint density at radius 3 is 2.32 bits per heavy atom. The molecule has 0 aliphatic carbocycles. The van der Waals surface area contributed by atoms with Gasteiger partial charge in [0.2, 0.25) is 0 Å². The van der Waals surface area contributed by atoms with Crippen LogP contribution < -0.4 is 9.26 Å². The summed E-state index contributed by atoms with van der Waals surface area (Å²) in [7, 11) is 3.68. The van der Waals surface area contributed by atoms with Gasteiger partial charge in [0.25, 0.3) is 0 Å². The van der Waals surface area contributed by atoms with Crippen LogP contribution in [0.2, 0.25) is 0 Å². The molecule has 100 valence electrons. The van der Waals surface area contributed by atoms with Crippen molar-refractivity contribution in [1.29, 1.82) is 0 Å². The van der Waals surface area contributed by atoms with Crippen LogP contribution in [0.1, 0.15) is 0 Å². The molecule has 1 atom stereocenters. The van der Waals surface area contributed by atoms with Gasteiger partial charge in [-0.25, -0.2) is 4.39 Å². The lowest BCUT2D eigenvalue weighted by molar-refractivity contribution is 0.0509. The molecule has 19 heavy (non-hydrogen) atoms. The Hall–Kier alpha value is -1.64. The minimum absolute atomic E-state index is 0.0962. The Bertz CT molecular complexity index is 543. The van der Waals surface area contributed by atoms with Crippen LogP contribution in [-0.2, 0) is 4.74 Å². The number of ether oxygens (including phenoxy) is 2. The van der Waals surface area contributed by atoms with Gasteiger partial charge in [-0.3, -0.25) is 0 Å². The summed E-state index contributed by atoms with van der Waals surface area (Å²) < 4.78 is 28.9. The molecular weight excluding hydrogens is 266 g/mol. The van der Waals surface area contributed by atoms with E-state index in [0.717, 1.165) is 5.56 Å². The first-order valence-corrected chi connectivity index (χ1v) is 6.10. The predicted molar refractivity (Wildman–Crippen MR) is 74.7 cm³/mol. The fourth-order valence-electron chi connectivity index (χ4n) is 1.66. The van der Waals surface area contributed by atoms with Gasteiger partial charge in [0.05, 0.1) is 9.47 Å². The van der Waals surface area contributed by atoms with E-state index in [-0.39, 0.29) is 12.6 Å². The van der Waals surface area contributed by atoms with E-state index in [1.165, 1.54) is 13.2 Å². The van der Waals surface area contributed by atoms with Gasteiger partial charge in [0.15, 0.2) is 6.79 Å². The van der Waals surface area contributed by atoms with E-state index in [4.69, 9.17) is 14.0 Å². The first-order chi connectivity index (χ1) is 9.24. The summed E-state index contributed by atoms with van der Waals surface area (Å²) in [5.74, 6) is 0.801. The molecular formula is C14H14FO3P. The van der Waals surface area contributed by atoms with Crippen LogP contribution in [0, 0.1) is 5.82 Å². The summed E-state index contributed by atoms with van der Waals surface area (Å²) in [6.45, 7) is 0.0962. The number of hydrogen-bond acceptors (Lipinski definition) is 3. The first-order valence-electron chi connectivity index (χ1n) is 5.63. The van der Waals surface area contributed by atoms with Crippen molar-refractivity contribution in [2.24, 2.45) is 0 Å². The third-order valence-corrected chi connectivity index (χ3v) is 2.86. The maximum absolute atomic E-state index is 14.0. The van der Waals surface area contributed by atoms with Gasteiger partial charge in [-0.1, -0.05) is 12.1 Å². The molecule has 0 fully saturated rings. The summed E-state index contributed by atoms with van der Waals surface area (Å²) in [6.07, 6.45) is 0. The van der Waals surface area contributed by atoms with Crippen LogP contribution in [-0.4, -0.2) is 13.9 Å². The molecule has 1 unspecified atom stereocenters. The Morgan fingerprint density at radius 1 is 1.05 bits per heavy atom. The molecule has 0 aliphatic heterocycles. The van der Waals surface area contributed by atoms with Crippen LogP contribution in [0.4, 0.5) is 4.39 Å². The molecule has 0 saturated heterocycles. The minimum atomic E-state index is -0.340. The van der Waals surface area contributed by atoms with Gasteiger partial charge < -0.3 is 14.0 Å². The molecule has 5 heteroatoms. The summed E-state index contributed by atoms with van der Waals surface area (Å²) in [6, 6.07) is 11.9. The highest BCUT2D eigenvalue weighted by molar-refractivity contribution is 7.10. The van der Waals surface area contributed by atoms with Crippen LogP contribution in [0.5, 0.6) is 11.5 Å². The molecule has 0 aromatic heterocycles. The average Bonchev–Trinajstić information content (AvgIpc) is 2.45. The predicted octanol–water partition coefficient (Wildman–Crippen LogP) is 3.64. The molecule has 2 rings (SSSR count). The fraction of sp³-hybridized carbons (Fsp3) is 0.143. The van der Waals surface area contributed by atoms with Crippen LogP contribution >= 0.6 is 9.47 Å². The minimum Gasteiger partial charge on any atom is -0.480 e. The zero-order chi connectivity index (χ0) is 13.7. The number of benzene rings is 2. The molecule has 2 aromatic rings. The fourth-order valence-corrected chi connectivity index (χ4v) is 1.82. The van der Waals surface area contributed by atoms with Crippen molar-refractivity contribution in [1.82, 2.24) is 0 Å². The van der Waals surface area contributed by atoms with Gasteiger partial charge in [-0.05, 0) is 29.8 Å². The standard InChI is InChI=1S/C14H14FO3P/c1-16-9-17-12-6-7-13(14(15)8-12)10-2-4-11(18-19)5-3-10/h2-8H,9,19H2,1H3. The Morgan fingerprint density at radius 2 is 1.74 bits per heavy atom. The van der Waals surface area contributed by atoms with E-state index < -0.39 is 0 Å². The lowest BCUT2D eigenvalue weighted by atomic mass is 10.0. The van der Waals surface area contributed by atoms with Crippen molar-refractivity contribution in [3.63, 3.8) is 0 Å². The zero-order valence-electron chi connectivity index (χ0n) is 10.4. The number of hydrogen-bond donors (Lipinski definition) is 0. The van der Waals surface area contributed by atoms with Crippen LogP contribution in [0.15, 0.2) is 42.5 Å². The summed E-state index contributed by atoms with van der Waals surface area (Å²) >= 11 is 0. The van der Waals surface area contributed by atoms with Gasteiger partial charge in [-0.15, -0.1) is 0 Å². The van der Waals surface area contributed by atoms with E-state index >= 15 is 0 Å². The lowest BCUT2D eigenvalue weighted by Gasteiger charge is -2.08. The number of methoxy groups -OCH3 is 1. The van der Waals surface area contributed by atoms with E-state index in [1.54, 1.807) is 36.4 Å². The summed E-state index contributed by atoms with van der Waals surface area (Å²) in [4.78, 5) is 0. The molecule has 0 aliphatic rings. The highest BCUT2D eigenvalue weighted by atomic mass is 31.0. The zero-order valence-corrected chi connectivity index (χ0v) is 11.6. The van der Waals surface area contributed by atoms with E-state index in [9.17, 15) is 4.39 Å². The van der Waals surface area contributed by atoms with E-state index in [0.29, 0.717) is 17.1 Å². The number of halogens is 1. The summed E-state index contributed by atoms with van der Waals surface area (Å²) in [5.41, 5.74) is 1.29. The highest BCUT2D eigenvalue weighted by Gasteiger charge is 2.07. The first kappa shape index (κ1) is 13.8. The molecule has 0 N–H and O–H groups in total. The Balaban J connectivity index is 2.24. The maximum atomic E-state index is 14.0. The van der Waals surface area contributed by atoms with Crippen molar-refractivity contribution >= 4 is 9.47 Å². The molecule has 3 nitrogen and oxygen atoms in total. The molecule has 0 heterocycles. The SMILES string of the molecule is COCOc1ccc(-c2ccc(OP)cc2)c(F)c1. The molecule has 0 saturated carbocycles. The molecule has 0 spiro atoms. The van der Waals surface area contributed by atoms with E-state index in [1.807, 2.05) is 0 Å². The smallest absolute Gasteiger partial charge is 0.188 e. The molecule has 0 radical (unpaired) electrons. The second-order valence-electron chi connectivity index (χ2n) is 3.83. The quantitative estimate of drug-likeness (QED) is 0.618. The van der Waals surface area contributed by atoms with Gasteiger partial charge in [-0.2, -0.15) is 0 Å². The Labute approximate surface area is 113 Å². The third kappa shape index (κ3) is 3.43. The molecule has 0 amide bonds. The third-order valence-electron chi connectivity index (χ3n) is 2.59. The van der Waals surface area contributed by atoms with E-state index in [2.05, 4.69) is 9.47 Å². The van der Waals surface area contributed by atoms with Crippen molar-refractivity contribution in [3.8, 4) is 22.6 Å². The number of rotatable bonds is 5. The maximum Gasteiger partial charge on any atom is 0.188 e. The summed E-state index contributed by atoms with van der Waals surface area (Å²) in [5, 5.41) is 0. The topological polar surface area (TPSA) is 27.7 Å². The van der Waals surface area contributed by atoms with Crippen molar-refractivity contribution in [2.75, 3.05) is 13.9 Å². The van der Waals surface area contributed by atoms with Crippen molar-refractivity contribution in [2.45, 2.75) is 0 Å². The lowest BCUT2D eigenvalue weighted by Crippen LogP contribution is -1.99. The Kier molecular flexibility index (Phi) is 4.72. The van der Waals surface area contributed by atoms with Gasteiger partial charge in [0, 0.05) is 18.7 Å². The van der Waals surface area contributed by atoms with Gasteiger partial charge in [0.1, 0.15) is 17.3 Å². The monoisotopic (exact) mass is 280 g/mol. The second-order valence-corrected chi connectivity index (χ2v) is 4.07. The molecule has 2 aromatic carbocycles. The highest BCUT2D eigenvalue weighted by Crippen LogP contribution is 2.28. The molecule has 0 bridgehead atoms. The van der Waals surface area contributed by atoms with Crippen molar-refractivity contribution in [3.05, 3.63) is 48.3 Å².